The van der Waals surface area contributed by atoms with Gasteiger partial charge in [0.25, 0.3) is 0 Å². The van der Waals surface area contributed by atoms with Crippen LogP contribution in [0.3, 0.4) is 0 Å². The number of fused-ring (bicyclic) bond motifs is 1. The zero-order valence-electron chi connectivity index (χ0n) is 21.5. The Balaban J connectivity index is 1.13. The average Bonchev–Trinajstić information content (AvgIpc) is 3.40. The molecule has 4 rings (SSSR count). The molecule has 3 aromatic carbocycles. The predicted molar refractivity (Wildman–Crippen MR) is 142 cm³/mol. The van der Waals surface area contributed by atoms with Gasteiger partial charge in [0.1, 0.15) is 12.4 Å². The summed E-state index contributed by atoms with van der Waals surface area (Å²) in [5.41, 5.74) is 4.41. The second-order valence-electron chi connectivity index (χ2n) is 9.33. The molecule has 1 heterocycles. The normalized spacial score (nSPS) is 12.2. The van der Waals surface area contributed by atoms with Crippen LogP contribution in [0.5, 0.6) is 11.5 Å². The summed E-state index contributed by atoms with van der Waals surface area (Å²) in [5, 5.41) is 12.4. The first-order valence-corrected chi connectivity index (χ1v) is 13.0. The highest BCUT2D eigenvalue weighted by Crippen LogP contribution is 2.32. The lowest BCUT2D eigenvalue weighted by Crippen LogP contribution is -2.29. The lowest BCUT2D eigenvalue weighted by Gasteiger charge is -2.21. The number of aliphatic hydroxyl groups is 1. The molecule has 1 aliphatic heterocycles. The van der Waals surface area contributed by atoms with Gasteiger partial charge in [0, 0.05) is 26.2 Å². The number of amides is 1. The number of hydrogen-bond donors (Lipinski definition) is 2. The van der Waals surface area contributed by atoms with E-state index in [4.69, 9.17) is 14.2 Å². The number of carbonyl (C=O) groups excluding carboxylic acids is 1. The second kappa shape index (κ2) is 14.5. The fraction of sp³-hybridized carbons (Fsp3) is 0.367. The third kappa shape index (κ3) is 8.83. The fourth-order valence-corrected chi connectivity index (χ4v) is 4.28. The van der Waals surface area contributed by atoms with Crippen molar-refractivity contribution in [3.63, 3.8) is 0 Å². The average molecular weight is 523 g/mol. The van der Waals surface area contributed by atoms with Crippen LogP contribution in [0.4, 0.5) is 4.39 Å². The molecule has 2 N–H and O–H groups in total. The van der Waals surface area contributed by atoms with E-state index in [9.17, 15) is 14.3 Å². The maximum atomic E-state index is 12.9. The first-order chi connectivity index (χ1) is 18.6. The topological polar surface area (TPSA) is 80.3 Å². The summed E-state index contributed by atoms with van der Waals surface area (Å²) in [4.78, 5) is 14.2. The minimum Gasteiger partial charge on any atom is -0.454 e. The molecule has 1 amide bonds. The monoisotopic (exact) mass is 522 g/mol. The van der Waals surface area contributed by atoms with Crippen molar-refractivity contribution in [2.24, 2.45) is 0 Å². The van der Waals surface area contributed by atoms with E-state index >= 15 is 0 Å². The number of benzene rings is 3. The van der Waals surface area contributed by atoms with Crippen LogP contribution in [0.25, 0.3) is 0 Å². The highest BCUT2D eigenvalue weighted by Gasteiger charge is 2.14. The summed E-state index contributed by atoms with van der Waals surface area (Å²) in [6, 6.07) is 20.6. The van der Waals surface area contributed by atoms with E-state index in [1.54, 1.807) is 12.1 Å². The van der Waals surface area contributed by atoms with Crippen molar-refractivity contribution in [1.29, 1.82) is 0 Å². The molecule has 0 aliphatic carbocycles. The second-order valence-corrected chi connectivity index (χ2v) is 9.33. The van der Waals surface area contributed by atoms with Crippen LogP contribution in [-0.2, 0) is 35.5 Å². The van der Waals surface area contributed by atoms with Crippen LogP contribution in [0.2, 0.25) is 0 Å². The van der Waals surface area contributed by atoms with Crippen molar-refractivity contribution in [3.05, 3.63) is 94.8 Å². The molecule has 38 heavy (non-hydrogen) atoms. The van der Waals surface area contributed by atoms with Crippen molar-refractivity contribution in [1.82, 2.24) is 10.2 Å². The number of ether oxygens (including phenoxy) is 3. The van der Waals surface area contributed by atoms with Gasteiger partial charge in [-0.3, -0.25) is 9.69 Å². The molecule has 202 valence electrons. The van der Waals surface area contributed by atoms with E-state index in [1.807, 2.05) is 12.1 Å². The van der Waals surface area contributed by atoms with Gasteiger partial charge in [-0.1, -0.05) is 42.5 Å². The maximum absolute atomic E-state index is 12.9. The van der Waals surface area contributed by atoms with Crippen LogP contribution in [0.1, 0.15) is 28.7 Å². The minimum atomic E-state index is -0.293. The molecule has 7 nitrogen and oxygen atoms in total. The summed E-state index contributed by atoms with van der Waals surface area (Å²) in [6.45, 7) is 3.41. The quantitative estimate of drug-likeness (QED) is 0.295. The molecule has 0 unspecified atom stereocenters. The Bertz CT molecular complexity index is 1150. The molecule has 0 bridgehead atoms. The van der Waals surface area contributed by atoms with Gasteiger partial charge < -0.3 is 24.6 Å². The predicted octanol–water partition coefficient (Wildman–Crippen LogP) is 3.86. The van der Waals surface area contributed by atoms with Crippen LogP contribution >= 0.6 is 0 Å². The van der Waals surface area contributed by atoms with Gasteiger partial charge in [0.2, 0.25) is 12.7 Å². The van der Waals surface area contributed by atoms with Gasteiger partial charge in [-0.2, -0.15) is 0 Å². The highest BCUT2D eigenvalue weighted by atomic mass is 19.1. The van der Waals surface area contributed by atoms with Gasteiger partial charge >= 0.3 is 0 Å². The van der Waals surface area contributed by atoms with E-state index in [2.05, 4.69) is 40.5 Å². The summed E-state index contributed by atoms with van der Waals surface area (Å²) in [6.07, 6.45) is 2.55. The molecule has 0 atom stereocenters. The van der Waals surface area contributed by atoms with E-state index in [1.165, 1.54) is 28.8 Å². The first kappa shape index (κ1) is 27.6. The van der Waals surface area contributed by atoms with Gasteiger partial charge in [-0.05, 0) is 65.8 Å². The van der Waals surface area contributed by atoms with Crippen molar-refractivity contribution in [2.75, 3.05) is 39.6 Å². The van der Waals surface area contributed by atoms with Crippen LogP contribution < -0.4 is 14.8 Å². The summed E-state index contributed by atoms with van der Waals surface area (Å²) >= 11 is 0. The first-order valence-electron chi connectivity index (χ1n) is 13.0. The molecule has 3 aromatic rings. The van der Waals surface area contributed by atoms with Crippen LogP contribution in [0.15, 0.2) is 66.7 Å². The van der Waals surface area contributed by atoms with E-state index in [0.29, 0.717) is 13.1 Å². The van der Waals surface area contributed by atoms with Crippen molar-refractivity contribution >= 4 is 5.91 Å². The third-order valence-corrected chi connectivity index (χ3v) is 6.38. The third-order valence-electron chi connectivity index (χ3n) is 6.38. The van der Waals surface area contributed by atoms with Crippen molar-refractivity contribution < 1.29 is 28.5 Å². The molecule has 0 radical (unpaired) electrons. The van der Waals surface area contributed by atoms with Gasteiger partial charge in [0.05, 0.1) is 13.2 Å². The number of rotatable bonds is 15. The Morgan fingerprint density at radius 1 is 0.895 bits per heavy atom. The van der Waals surface area contributed by atoms with E-state index in [0.717, 1.165) is 49.4 Å². The fourth-order valence-electron chi connectivity index (χ4n) is 4.28. The Kier molecular flexibility index (Phi) is 10.5. The zero-order valence-corrected chi connectivity index (χ0v) is 21.5. The number of aliphatic hydroxyl groups excluding tert-OH is 1. The Morgan fingerprint density at radius 3 is 2.39 bits per heavy atom. The lowest BCUT2D eigenvalue weighted by molar-refractivity contribution is -0.126. The number of nitrogens with zero attached hydrogens (tertiary/aromatic N) is 1. The Morgan fingerprint density at radius 2 is 1.61 bits per heavy atom. The molecular weight excluding hydrogens is 487 g/mol. The van der Waals surface area contributed by atoms with Gasteiger partial charge in [-0.25, -0.2) is 4.39 Å². The molecule has 0 aromatic heterocycles. The minimum absolute atomic E-state index is 0.0227. The molecule has 0 saturated carbocycles. The number of nitrogens with one attached hydrogen (secondary N) is 1. The molecule has 1 aliphatic rings. The van der Waals surface area contributed by atoms with Crippen molar-refractivity contribution in [2.45, 2.75) is 32.4 Å². The molecule has 8 heteroatoms. The Labute approximate surface area is 223 Å². The summed E-state index contributed by atoms with van der Waals surface area (Å²) < 4.78 is 29.2. The van der Waals surface area contributed by atoms with Crippen LogP contribution in [0, 0.1) is 5.82 Å². The Hall–Kier alpha value is -3.46. The lowest BCUT2D eigenvalue weighted by atomic mass is 10.1. The number of carbonyl (C=O) groups is 1. The van der Waals surface area contributed by atoms with E-state index < -0.39 is 0 Å². The number of aryl methyl sites for hydroxylation is 1. The van der Waals surface area contributed by atoms with Gasteiger partial charge in [0.15, 0.2) is 11.5 Å². The molecule has 0 saturated heterocycles. The number of hydrogen-bond acceptors (Lipinski definition) is 6. The van der Waals surface area contributed by atoms with Gasteiger partial charge in [-0.15, -0.1) is 0 Å². The maximum Gasteiger partial charge on any atom is 0.246 e. The SMILES string of the molecule is O=C(COCc1ccc(F)cc1)NCCCc1ccc(CN(CCO)CCc2ccc3c(c2)OCO3)cc1. The smallest absolute Gasteiger partial charge is 0.246 e. The zero-order chi connectivity index (χ0) is 26.6. The molecule has 0 spiro atoms. The number of halogens is 1. The molecule has 0 fully saturated rings. The van der Waals surface area contributed by atoms with E-state index in [-0.39, 0.29) is 38.3 Å². The standard InChI is InChI=1S/C30H35FN2O5/c31-27-10-7-26(8-11-27)20-36-21-30(35)32-14-1-2-23-3-5-25(6-4-23)19-33(16-17-34)15-13-24-9-12-28-29(18-24)38-22-37-28/h3-12,18,34H,1-2,13-17,19-22H2,(H,32,35). The van der Waals surface area contributed by atoms with Crippen molar-refractivity contribution in [3.8, 4) is 11.5 Å². The van der Waals surface area contributed by atoms with Crippen LogP contribution in [-0.4, -0.2) is 55.6 Å². The summed E-state index contributed by atoms with van der Waals surface area (Å²) in [7, 11) is 0. The largest absolute Gasteiger partial charge is 0.454 e. The molecular formula is C30H35FN2O5. The highest BCUT2D eigenvalue weighted by molar-refractivity contribution is 5.77. The summed E-state index contributed by atoms with van der Waals surface area (Å²) in [5.74, 6) is 1.13.